The first-order valence-corrected chi connectivity index (χ1v) is 9.93. The van der Waals surface area contributed by atoms with Crippen molar-refractivity contribution in [1.82, 2.24) is 23.1 Å². The largest absolute Gasteiger partial charge is 0.333 e. The van der Waals surface area contributed by atoms with Gasteiger partial charge >= 0.3 is 5.69 Å². The zero-order chi connectivity index (χ0) is 22.1. The van der Waals surface area contributed by atoms with E-state index in [0.29, 0.717) is 10.8 Å². The van der Waals surface area contributed by atoms with E-state index in [-0.39, 0.29) is 16.9 Å². The molecule has 0 radical (unpaired) electrons. The Bertz CT molecular complexity index is 1490. The number of hydrogen-bond acceptors (Lipinski definition) is 4. The maximum Gasteiger partial charge on any atom is 0.333 e. The number of halogens is 1. The summed E-state index contributed by atoms with van der Waals surface area (Å²) in [4.78, 5) is 42.8. The third kappa shape index (κ3) is 2.53. The molecule has 4 aromatic rings. The summed E-state index contributed by atoms with van der Waals surface area (Å²) in [5.74, 6) is 0.236. The molecule has 3 heterocycles. The zero-order valence-electron chi connectivity index (χ0n) is 17.6. The number of rotatable bonds is 3. The number of Topliss-reactive ketones (excluding diaryl/α,β-unsaturated/α-hetero) is 1. The molecule has 1 atom stereocenters. The summed E-state index contributed by atoms with van der Waals surface area (Å²) in [5, 5.41) is 0.623. The van der Waals surface area contributed by atoms with Crippen LogP contribution in [0.25, 0.3) is 22.6 Å². The lowest BCUT2D eigenvalue weighted by Crippen LogP contribution is -2.42. The molecule has 0 fully saturated rings. The maximum absolute atomic E-state index is 13.4. The quantitative estimate of drug-likeness (QED) is 0.503. The SMILES string of the molecule is CC(=O)[C@@H](C)n1c(=O)c2c(nc3n(-c4cccc(Cl)c4C)c(C)c(C)n23)n(C)c1=O. The summed E-state index contributed by atoms with van der Waals surface area (Å²) in [6.07, 6.45) is 0. The van der Waals surface area contributed by atoms with Crippen LogP contribution in [-0.4, -0.2) is 28.9 Å². The number of carbonyl (C=O) groups is 1. The fourth-order valence-corrected chi connectivity index (χ4v) is 4.04. The van der Waals surface area contributed by atoms with Crippen molar-refractivity contribution in [3.05, 3.63) is 61.0 Å². The summed E-state index contributed by atoms with van der Waals surface area (Å²) in [7, 11) is 1.55. The number of aromatic nitrogens is 5. The molecule has 156 valence electrons. The Morgan fingerprint density at radius 3 is 2.43 bits per heavy atom. The van der Waals surface area contributed by atoms with Crippen LogP contribution in [0.5, 0.6) is 0 Å². The molecule has 9 heteroatoms. The van der Waals surface area contributed by atoms with Crippen LogP contribution in [0.2, 0.25) is 5.02 Å². The Kier molecular flexibility index (Phi) is 4.50. The first-order valence-electron chi connectivity index (χ1n) is 9.55. The van der Waals surface area contributed by atoms with Gasteiger partial charge in [-0.2, -0.15) is 4.98 Å². The number of nitrogens with zero attached hydrogens (tertiary/aromatic N) is 5. The molecule has 0 saturated heterocycles. The Balaban J connectivity index is 2.23. The predicted molar refractivity (Wildman–Crippen MR) is 116 cm³/mol. The van der Waals surface area contributed by atoms with E-state index in [1.165, 1.54) is 11.5 Å². The minimum atomic E-state index is -0.871. The van der Waals surface area contributed by atoms with E-state index in [1.807, 2.05) is 43.5 Å². The van der Waals surface area contributed by atoms with Crippen molar-refractivity contribution >= 4 is 34.3 Å². The minimum Gasteiger partial charge on any atom is -0.298 e. The van der Waals surface area contributed by atoms with Gasteiger partial charge in [0.1, 0.15) is 0 Å². The standard InChI is InChI=1S/C21H22ClN5O3/c1-10-15(22)8-7-9-16(10)25-11(2)12(3)26-17-18(23-20(25)26)24(6)21(30)27(19(17)29)13(4)14(5)28/h7-9,13H,1-6H3/t13-/m1/s1. The van der Waals surface area contributed by atoms with E-state index in [9.17, 15) is 14.4 Å². The van der Waals surface area contributed by atoms with Gasteiger partial charge in [-0.15, -0.1) is 0 Å². The Morgan fingerprint density at radius 2 is 1.80 bits per heavy atom. The van der Waals surface area contributed by atoms with Crippen LogP contribution in [0.3, 0.4) is 0 Å². The summed E-state index contributed by atoms with van der Waals surface area (Å²) in [6.45, 7) is 8.66. The van der Waals surface area contributed by atoms with E-state index in [0.717, 1.165) is 27.2 Å². The molecular formula is C21H22ClN5O3. The van der Waals surface area contributed by atoms with Crippen LogP contribution >= 0.6 is 11.6 Å². The van der Waals surface area contributed by atoms with Crippen LogP contribution in [0, 0.1) is 20.8 Å². The highest BCUT2D eigenvalue weighted by Gasteiger charge is 2.26. The molecule has 0 unspecified atom stereocenters. The zero-order valence-corrected chi connectivity index (χ0v) is 18.4. The van der Waals surface area contributed by atoms with Crippen LogP contribution in [0.1, 0.15) is 36.8 Å². The molecule has 30 heavy (non-hydrogen) atoms. The van der Waals surface area contributed by atoms with Crippen molar-refractivity contribution in [2.24, 2.45) is 7.05 Å². The fraction of sp³-hybridized carbons (Fsp3) is 0.333. The van der Waals surface area contributed by atoms with Gasteiger partial charge in [0, 0.05) is 23.5 Å². The topological polar surface area (TPSA) is 83.3 Å². The molecule has 8 nitrogen and oxygen atoms in total. The van der Waals surface area contributed by atoms with Crippen LogP contribution in [0.15, 0.2) is 27.8 Å². The Labute approximate surface area is 176 Å². The number of benzene rings is 1. The van der Waals surface area contributed by atoms with E-state index in [1.54, 1.807) is 18.4 Å². The molecule has 1 aromatic carbocycles. The normalized spacial score (nSPS) is 12.8. The van der Waals surface area contributed by atoms with E-state index < -0.39 is 17.3 Å². The fourth-order valence-electron chi connectivity index (χ4n) is 3.87. The lowest BCUT2D eigenvalue weighted by molar-refractivity contribution is -0.119. The van der Waals surface area contributed by atoms with Crippen LogP contribution in [-0.2, 0) is 11.8 Å². The van der Waals surface area contributed by atoms with Gasteiger partial charge in [-0.25, -0.2) is 9.36 Å². The highest BCUT2D eigenvalue weighted by atomic mass is 35.5. The lowest BCUT2D eigenvalue weighted by Gasteiger charge is -2.13. The van der Waals surface area contributed by atoms with Gasteiger partial charge in [0.2, 0.25) is 5.78 Å². The summed E-state index contributed by atoms with van der Waals surface area (Å²) in [5.41, 5.74) is 2.85. The maximum atomic E-state index is 13.4. The smallest absolute Gasteiger partial charge is 0.298 e. The second kappa shape index (κ2) is 6.70. The van der Waals surface area contributed by atoms with Gasteiger partial charge in [0.25, 0.3) is 5.56 Å². The predicted octanol–water partition coefficient (Wildman–Crippen LogP) is 2.87. The van der Waals surface area contributed by atoms with Crippen molar-refractivity contribution in [1.29, 1.82) is 0 Å². The molecule has 3 aromatic heterocycles. The van der Waals surface area contributed by atoms with Gasteiger partial charge in [-0.1, -0.05) is 17.7 Å². The van der Waals surface area contributed by atoms with Crippen molar-refractivity contribution < 1.29 is 4.79 Å². The van der Waals surface area contributed by atoms with Gasteiger partial charge in [-0.05, 0) is 52.3 Å². The number of carbonyl (C=O) groups excluding carboxylic acids is 1. The van der Waals surface area contributed by atoms with E-state index >= 15 is 0 Å². The molecule has 0 aliphatic heterocycles. The number of ketones is 1. The first-order chi connectivity index (χ1) is 14.1. The second-order valence-corrected chi connectivity index (χ2v) is 8.02. The molecule has 0 aliphatic rings. The van der Waals surface area contributed by atoms with Crippen molar-refractivity contribution in [3.8, 4) is 5.69 Å². The number of imidazole rings is 2. The molecule has 4 rings (SSSR count). The molecule has 0 saturated carbocycles. The molecular weight excluding hydrogens is 406 g/mol. The van der Waals surface area contributed by atoms with Gasteiger partial charge < -0.3 is 0 Å². The van der Waals surface area contributed by atoms with Crippen LogP contribution in [0.4, 0.5) is 0 Å². The average Bonchev–Trinajstić information content (AvgIpc) is 3.19. The Morgan fingerprint density at radius 1 is 1.13 bits per heavy atom. The number of hydrogen-bond donors (Lipinski definition) is 0. The number of fused-ring (bicyclic) bond motifs is 3. The molecule has 0 N–H and O–H groups in total. The minimum absolute atomic E-state index is 0.263. The molecule has 0 amide bonds. The number of aryl methyl sites for hydroxylation is 2. The highest BCUT2D eigenvalue weighted by molar-refractivity contribution is 6.31. The molecule has 0 bridgehead atoms. The van der Waals surface area contributed by atoms with Gasteiger partial charge in [0.05, 0.1) is 11.7 Å². The van der Waals surface area contributed by atoms with Gasteiger partial charge in [0.15, 0.2) is 16.9 Å². The summed E-state index contributed by atoms with van der Waals surface area (Å²) in [6, 6.07) is 4.74. The molecule has 0 aliphatic carbocycles. The second-order valence-electron chi connectivity index (χ2n) is 7.61. The van der Waals surface area contributed by atoms with Gasteiger partial charge in [-0.3, -0.25) is 23.1 Å². The molecule has 0 spiro atoms. The van der Waals surface area contributed by atoms with Crippen LogP contribution < -0.4 is 11.2 Å². The monoisotopic (exact) mass is 427 g/mol. The highest BCUT2D eigenvalue weighted by Crippen LogP contribution is 2.29. The Hall–Kier alpha value is -3.13. The first kappa shape index (κ1) is 20.2. The third-order valence-electron chi connectivity index (χ3n) is 5.92. The lowest BCUT2D eigenvalue weighted by atomic mass is 10.2. The van der Waals surface area contributed by atoms with Crippen molar-refractivity contribution in [2.45, 2.75) is 40.7 Å². The van der Waals surface area contributed by atoms with E-state index in [2.05, 4.69) is 4.98 Å². The van der Waals surface area contributed by atoms with Crippen molar-refractivity contribution in [2.75, 3.05) is 0 Å². The summed E-state index contributed by atoms with van der Waals surface area (Å²) < 4.78 is 5.98. The van der Waals surface area contributed by atoms with Crippen molar-refractivity contribution in [3.63, 3.8) is 0 Å². The van der Waals surface area contributed by atoms with E-state index in [4.69, 9.17) is 11.6 Å². The third-order valence-corrected chi connectivity index (χ3v) is 6.33. The summed E-state index contributed by atoms with van der Waals surface area (Å²) >= 11 is 6.34. The average molecular weight is 428 g/mol.